The second-order valence-electron chi connectivity index (χ2n) is 2.48. The van der Waals surface area contributed by atoms with Crippen LogP contribution in [0.25, 0.3) is 0 Å². The number of rotatable bonds is 2. The number of alkyl halides is 2. The van der Waals surface area contributed by atoms with E-state index in [1.54, 1.807) is 6.92 Å². The summed E-state index contributed by atoms with van der Waals surface area (Å²) in [6, 6.07) is 2.97. The van der Waals surface area contributed by atoms with Crippen LogP contribution in [0.1, 0.15) is 5.69 Å². The van der Waals surface area contributed by atoms with Gasteiger partial charge in [-0.1, -0.05) is 0 Å². The minimum absolute atomic E-state index is 0.331. The molecule has 0 bridgehead atoms. The molecule has 0 radical (unpaired) electrons. The number of anilines is 1. The van der Waals surface area contributed by atoms with Crippen molar-refractivity contribution in [3.63, 3.8) is 0 Å². The lowest BCUT2D eigenvalue weighted by Crippen LogP contribution is -2.20. The summed E-state index contributed by atoms with van der Waals surface area (Å²) in [5.74, 6) is -1.30. The first-order valence-electron chi connectivity index (χ1n) is 3.61. The number of aromatic nitrogens is 1. The van der Waals surface area contributed by atoms with Crippen LogP contribution in [-0.4, -0.2) is 17.3 Å². The van der Waals surface area contributed by atoms with Gasteiger partial charge >= 0.3 is 6.43 Å². The van der Waals surface area contributed by atoms with Gasteiger partial charge in [0.25, 0.3) is 5.91 Å². The summed E-state index contributed by atoms with van der Waals surface area (Å²) >= 11 is 0. The van der Waals surface area contributed by atoms with Crippen molar-refractivity contribution in [3.8, 4) is 0 Å². The highest BCUT2D eigenvalue weighted by Gasteiger charge is 2.14. The second-order valence-corrected chi connectivity index (χ2v) is 2.48. The van der Waals surface area contributed by atoms with Gasteiger partial charge in [0.05, 0.1) is 0 Å². The number of pyridine rings is 1. The van der Waals surface area contributed by atoms with Crippen molar-refractivity contribution in [3.05, 3.63) is 24.0 Å². The van der Waals surface area contributed by atoms with Gasteiger partial charge in [-0.25, -0.2) is 0 Å². The molecule has 1 aromatic rings. The molecule has 13 heavy (non-hydrogen) atoms. The van der Waals surface area contributed by atoms with Gasteiger partial charge in [0.1, 0.15) is 0 Å². The van der Waals surface area contributed by atoms with Crippen molar-refractivity contribution < 1.29 is 13.6 Å². The third kappa shape index (κ3) is 2.77. The number of carbonyl (C=O) groups excluding carboxylic acids is 1. The maximum absolute atomic E-state index is 11.8. The van der Waals surface area contributed by atoms with Crippen molar-refractivity contribution >= 4 is 11.6 Å². The van der Waals surface area contributed by atoms with Crippen LogP contribution in [-0.2, 0) is 4.79 Å². The zero-order chi connectivity index (χ0) is 9.84. The minimum Gasteiger partial charge on any atom is -0.321 e. The predicted octanol–water partition coefficient (Wildman–Crippen LogP) is 1.59. The van der Waals surface area contributed by atoms with E-state index in [2.05, 4.69) is 10.3 Å². The van der Waals surface area contributed by atoms with Crippen LogP contribution in [0, 0.1) is 6.92 Å². The van der Waals surface area contributed by atoms with Gasteiger partial charge in [0.15, 0.2) is 0 Å². The molecule has 0 spiro atoms. The molecule has 0 saturated heterocycles. The third-order valence-corrected chi connectivity index (χ3v) is 1.36. The normalized spacial score (nSPS) is 10.2. The fraction of sp³-hybridized carbons (Fsp3) is 0.250. The molecule has 5 heteroatoms. The predicted molar refractivity (Wildman–Crippen MR) is 43.6 cm³/mol. The SMILES string of the molecule is Cc1cc(NC(=O)C(F)F)ccn1. The molecule has 0 aliphatic carbocycles. The molecule has 70 valence electrons. The molecule has 0 aromatic carbocycles. The van der Waals surface area contributed by atoms with Gasteiger partial charge in [0, 0.05) is 17.6 Å². The molecule has 1 heterocycles. The number of halogens is 2. The first-order valence-corrected chi connectivity index (χ1v) is 3.61. The average Bonchev–Trinajstić information content (AvgIpc) is 2.04. The van der Waals surface area contributed by atoms with E-state index in [0.29, 0.717) is 11.4 Å². The molecule has 3 nitrogen and oxygen atoms in total. The first kappa shape index (κ1) is 9.57. The minimum atomic E-state index is -2.99. The molecular formula is C8H8F2N2O. The molecule has 1 aromatic heterocycles. The molecule has 0 aliphatic heterocycles. The second kappa shape index (κ2) is 3.93. The fourth-order valence-corrected chi connectivity index (χ4v) is 0.820. The lowest BCUT2D eigenvalue weighted by atomic mass is 10.3. The summed E-state index contributed by atoms with van der Waals surface area (Å²) in [4.78, 5) is 14.4. The molecule has 0 unspecified atom stereocenters. The number of hydrogen-bond acceptors (Lipinski definition) is 2. The number of aryl methyl sites for hydroxylation is 1. The highest BCUT2D eigenvalue weighted by Crippen LogP contribution is 2.08. The van der Waals surface area contributed by atoms with Crippen molar-refractivity contribution in [1.29, 1.82) is 0 Å². The number of amides is 1. The Morgan fingerprint density at radius 3 is 2.85 bits per heavy atom. The summed E-state index contributed by atoms with van der Waals surface area (Å²) < 4.78 is 23.6. The van der Waals surface area contributed by atoms with Crippen LogP contribution in [0.15, 0.2) is 18.3 Å². The van der Waals surface area contributed by atoms with Gasteiger partial charge in [-0.15, -0.1) is 0 Å². The van der Waals surface area contributed by atoms with E-state index in [1.165, 1.54) is 18.3 Å². The summed E-state index contributed by atoms with van der Waals surface area (Å²) in [6.45, 7) is 1.71. The highest BCUT2D eigenvalue weighted by molar-refractivity contribution is 5.92. The Hall–Kier alpha value is -1.52. The van der Waals surface area contributed by atoms with Crippen molar-refractivity contribution in [2.75, 3.05) is 5.32 Å². The van der Waals surface area contributed by atoms with Crippen LogP contribution in [0.5, 0.6) is 0 Å². The smallest absolute Gasteiger partial charge is 0.315 e. The van der Waals surface area contributed by atoms with Crippen LogP contribution in [0.2, 0.25) is 0 Å². The quantitative estimate of drug-likeness (QED) is 0.762. The maximum Gasteiger partial charge on any atom is 0.315 e. The lowest BCUT2D eigenvalue weighted by molar-refractivity contribution is -0.126. The average molecular weight is 186 g/mol. The maximum atomic E-state index is 11.8. The monoisotopic (exact) mass is 186 g/mol. The van der Waals surface area contributed by atoms with Crippen LogP contribution >= 0.6 is 0 Å². The summed E-state index contributed by atoms with van der Waals surface area (Å²) in [6.07, 6.45) is -1.55. The number of carbonyl (C=O) groups is 1. The molecular weight excluding hydrogens is 178 g/mol. The highest BCUT2D eigenvalue weighted by atomic mass is 19.3. The Morgan fingerprint density at radius 2 is 2.31 bits per heavy atom. The van der Waals surface area contributed by atoms with E-state index in [4.69, 9.17) is 0 Å². The number of hydrogen-bond donors (Lipinski definition) is 1. The molecule has 0 atom stereocenters. The third-order valence-electron chi connectivity index (χ3n) is 1.36. The molecule has 0 saturated carbocycles. The van der Waals surface area contributed by atoms with Crippen LogP contribution in [0.4, 0.5) is 14.5 Å². The largest absolute Gasteiger partial charge is 0.321 e. The molecule has 0 fully saturated rings. The zero-order valence-electron chi connectivity index (χ0n) is 6.92. The van der Waals surface area contributed by atoms with E-state index in [1.807, 2.05) is 0 Å². The summed E-state index contributed by atoms with van der Waals surface area (Å²) in [7, 11) is 0. The zero-order valence-corrected chi connectivity index (χ0v) is 6.92. The molecule has 1 rings (SSSR count). The van der Waals surface area contributed by atoms with E-state index >= 15 is 0 Å². The van der Waals surface area contributed by atoms with Crippen molar-refractivity contribution in [1.82, 2.24) is 4.98 Å². The topological polar surface area (TPSA) is 42.0 Å². The fourth-order valence-electron chi connectivity index (χ4n) is 0.820. The number of nitrogens with one attached hydrogen (secondary N) is 1. The van der Waals surface area contributed by atoms with Crippen molar-refractivity contribution in [2.45, 2.75) is 13.3 Å². The first-order chi connectivity index (χ1) is 6.09. The van der Waals surface area contributed by atoms with Gasteiger partial charge < -0.3 is 5.32 Å². The molecule has 1 N–H and O–H groups in total. The number of nitrogens with zero attached hydrogens (tertiary/aromatic N) is 1. The van der Waals surface area contributed by atoms with Crippen LogP contribution in [0.3, 0.4) is 0 Å². The van der Waals surface area contributed by atoms with Gasteiger partial charge in [0.2, 0.25) is 0 Å². The van der Waals surface area contributed by atoms with Gasteiger partial charge in [-0.3, -0.25) is 9.78 Å². The Bertz CT molecular complexity index is 315. The van der Waals surface area contributed by atoms with E-state index in [0.717, 1.165) is 0 Å². The summed E-state index contributed by atoms with van der Waals surface area (Å²) in [5.41, 5.74) is 0.991. The lowest BCUT2D eigenvalue weighted by Gasteiger charge is -2.03. The Labute approximate surface area is 73.8 Å². The van der Waals surface area contributed by atoms with Gasteiger partial charge in [-0.05, 0) is 19.1 Å². The van der Waals surface area contributed by atoms with E-state index in [9.17, 15) is 13.6 Å². The van der Waals surface area contributed by atoms with Gasteiger partial charge in [-0.2, -0.15) is 8.78 Å². The van der Waals surface area contributed by atoms with E-state index in [-0.39, 0.29) is 0 Å². The Kier molecular flexibility index (Phi) is 2.89. The van der Waals surface area contributed by atoms with Crippen LogP contribution < -0.4 is 5.32 Å². The van der Waals surface area contributed by atoms with E-state index < -0.39 is 12.3 Å². The Balaban J connectivity index is 2.69. The Morgan fingerprint density at radius 1 is 1.62 bits per heavy atom. The van der Waals surface area contributed by atoms with Crippen molar-refractivity contribution in [2.24, 2.45) is 0 Å². The molecule has 0 aliphatic rings. The summed E-state index contributed by atoms with van der Waals surface area (Å²) in [5, 5.41) is 2.05. The molecule has 1 amide bonds. The standard InChI is InChI=1S/C8H8F2N2O/c1-5-4-6(2-3-11-5)12-8(13)7(9)10/h2-4,7H,1H3,(H,11,12,13).